The van der Waals surface area contributed by atoms with Crippen LogP contribution in [-0.2, 0) is 6.42 Å². The third kappa shape index (κ3) is 4.16. The van der Waals surface area contributed by atoms with E-state index in [0.29, 0.717) is 18.2 Å². The second-order valence-corrected chi connectivity index (χ2v) is 6.98. The van der Waals surface area contributed by atoms with Crippen LogP contribution in [0.4, 0.5) is 0 Å². The summed E-state index contributed by atoms with van der Waals surface area (Å²) in [6.07, 6.45) is 9.15. The molecule has 0 spiro atoms. The Bertz CT molecular complexity index is 478. The van der Waals surface area contributed by atoms with Crippen LogP contribution in [-0.4, -0.2) is 24.8 Å². The Hall–Kier alpha value is -1.22. The molecule has 2 fully saturated rings. The predicted molar refractivity (Wildman–Crippen MR) is 89.8 cm³/mol. The molecule has 3 nitrogen and oxygen atoms in total. The van der Waals surface area contributed by atoms with Gasteiger partial charge in [-0.15, -0.1) is 0 Å². The molecule has 2 aliphatic rings. The minimum atomic E-state index is 0.396. The lowest BCUT2D eigenvalue weighted by molar-refractivity contribution is 0.0906. The van der Waals surface area contributed by atoms with Crippen LogP contribution in [0.25, 0.3) is 0 Å². The summed E-state index contributed by atoms with van der Waals surface area (Å²) in [4.78, 5) is 0. The SMILES string of the molecule is CC(C)NCCc1ccc(OC2CCC2)c(OC2CCC2)c1. The molecule has 0 heterocycles. The van der Waals surface area contributed by atoms with Crippen molar-refractivity contribution in [2.75, 3.05) is 6.54 Å². The topological polar surface area (TPSA) is 30.5 Å². The van der Waals surface area contributed by atoms with E-state index in [2.05, 4.69) is 37.4 Å². The van der Waals surface area contributed by atoms with Crippen LogP contribution in [0.2, 0.25) is 0 Å². The van der Waals surface area contributed by atoms with Crippen LogP contribution in [0.15, 0.2) is 18.2 Å². The Morgan fingerprint density at radius 2 is 1.64 bits per heavy atom. The van der Waals surface area contributed by atoms with E-state index in [9.17, 15) is 0 Å². The molecule has 0 saturated heterocycles. The predicted octanol–water partition coefficient (Wildman–Crippen LogP) is 4.09. The molecule has 2 saturated carbocycles. The number of ether oxygens (including phenoxy) is 2. The third-order valence-corrected chi connectivity index (χ3v) is 4.67. The Labute approximate surface area is 134 Å². The Kier molecular flexibility index (Phi) is 5.24. The molecule has 0 bridgehead atoms. The summed E-state index contributed by atoms with van der Waals surface area (Å²) in [5.74, 6) is 1.90. The van der Waals surface area contributed by atoms with Crippen LogP contribution >= 0.6 is 0 Å². The minimum Gasteiger partial charge on any atom is -0.487 e. The maximum absolute atomic E-state index is 6.17. The van der Waals surface area contributed by atoms with Crippen molar-refractivity contribution in [2.45, 2.75) is 77.0 Å². The molecule has 1 aromatic carbocycles. The lowest BCUT2D eigenvalue weighted by Crippen LogP contribution is -2.27. The molecule has 1 aromatic rings. The highest BCUT2D eigenvalue weighted by Gasteiger charge is 2.24. The first kappa shape index (κ1) is 15.7. The van der Waals surface area contributed by atoms with Gasteiger partial charge in [-0.2, -0.15) is 0 Å². The summed E-state index contributed by atoms with van der Waals surface area (Å²) in [5.41, 5.74) is 1.32. The summed E-state index contributed by atoms with van der Waals surface area (Å²) in [6, 6.07) is 7.02. The highest BCUT2D eigenvalue weighted by molar-refractivity contribution is 5.43. The van der Waals surface area contributed by atoms with Crippen molar-refractivity contribution in [2.24, 2.45) is 0 Å². The fourth-order valence-corrected chi connectivity index (χ4v) is 2.74. The van der Waals surface area contributed by atoms with Crippen molar-refractivity contribution in [1.29, 1.82) is 0 Å². The van der Waals surface area contributed by atoms with Crippen molar-refractivity contribution < 1.29 is 9.47 Å². The second-order valence-electron chi connectivity index (χ2n) is 6.98. The average Bonchev–Trinajstić information content (AvgIpc) is 2.39. The van der Waals surface area contributed by atoms with Gasteiger partial charge in [0, 0.05) is 6.04 Å². The summed E-state index contributed by atoms with van der Waals surface area (Å²) in [6.45, 7) is 5.37. The molecule has 2 aliphatic carbocycles. The molecular formula is C19H29NO2. The van der Waals surface area contributed by atoms with E-state index >= 15 is 0 Å². The van der Waals surface area contributed by atoms with Gasteiger partial charge in [0.1, 0.15) is 0 Å². The molecule has 3 heteroatoms. The van der Waals surface area contributed by atoms with Crippen molar-refractivity contribution in [3.63, 3.8) is 0 Å². The van der Waals surface area contributed by atoms with E-state index in [1.54, 1.807) is 0 Å². The molecule has 122 valence electrons. The van der Waals surface area contributed by atoms with Gasteiger partial charge in [-0.25, -0.2) is 0 Å². The van der Waals surface area contributed by atoms with Gasteiger partial charge < -0.3 is 14.8 Å². The van der Waals surface area contributed by atoms with Crippen molar-refractivity contribution >= 4 is 0 Å². The van der Waals surface area contributed by atoms with Crippen LogP contribution in [0.1, 0.15) is 57.9 Å². The highest BCUT2D eigenvalue weighted by Crippen LogP contribution is 2.36. The molecule has 0 amide bonds. The number of nitrogens with one attached hydrogen (secondary N) is 1. The molecule has 1 N–H and O–H groups in total. The first-order valence-corrected chi connectivity index (χ1v) is 8.90. The number of hydrogen-bond acceptors (Lipinski definition) is 3. The van der Waals surface area contributed by atoms with E-state index in [-0.39, 0.29) is 0 Å². The fourth-order valence-electron chi connectivity index (χ4n) is 2.74. The fraction of sp³-hybridized carbons (Fsp3) is 0.684. The van der Waals surface area contributed by atoms with Gasteiger partial charge in [-0.1, -0.05) is 19.9 Å². The summed E-state index contributed by atoms with van der Waals surface area (Å²) in [7, 11) is 0. The molecule has 0 unspecified atom stereocenters. The number of rotatable bonds is 8. The Morgan fingerprint density at radius 1 is 1.00 bits per heavy atom. The molecule has 0 aromatic heterocycles. The molecule has 0 radical (unpaired) electrons. The van der Waals surface area contributed by atoms with E-state index in [0.717, 1.165) is 24.5 Å². The smallest absolute Gasteiger partial charge is 0.161 e. The third-order valence-electron chi connectivity index (χ3n) is 4.67. The van der Waals surface area contributed by atoms with E-state index in [1.165, 1.54) is 44.1 Å². The molecule has 3 rings (SSSR count). The van der Waals surface area contributed by atoms with Gasteiger partial charge in [0.15, 0.2) is 11.5 Å². The van der Waals surface area contributed by atoms with Crippen LogP contribution in [0.3, 0.4) is 0 Å². The summed E-state index contributed by atoms with van der Waals surface area (Å²) >= 11 is 0. The largest absolute Gasteiger partial charge is 0.487 e. The summed E-state index contributed by atoms with van der Waals surface area (Å²) in [5, 5.41) is 3.47. The van der Waals surface area contributed by atoms with E-state index < -0.39 is 0 Å². The normalized spacial score (nSPS) is 18.9. The lowest BCUT2D eigenvalue weighted by atomic mass is 9.95. The van der Waals surface area contributed by atoms with Gasteiger partial charge in [0.05, 0.1) is 12.2 Å². The first-order chi connectivity index (χ1) is 10.7. The van der Waals surface area contributed by atoms with Crippen molar-refractivity contribution in [3.05, 3.63) is 23.8 Å². The first-order valence-electron chi connectivity index (χ1n) is 8.90. The molecular weight excluding hydrogens is 274 g/mol. The minimum absolute atomic E-state index is 0.396. The van der Waals surface area contributed by atoms with Crippen molar-refractivity contribution in [1.82, 2.24) is 5.32 Å². The zero-order chi connectivity index (χ0) is 15.4. The van der Waals surface area contributed by atoms with Crippen LogP contribution < -0.4 is 14.8 Å². The van der Waals surface area contributed by atoms with E-state index in [1.807, 2.05) is 0 Å². The van der Waals surface area contributed by atoms with Crippen LogP contribution in [0.5, 0.6) is 11.5 Å². The number of benzene rings is 1. The Balaban J connectivity index is 1.65. The Morgan fingerprint density at radius 3 is 2.18 bits per heavy atom. The molecule has 0 atom stereocenters. The maximum atomic E-state index is 6.17. The summed E-state index contributed by atoms with van der Waals surface area (Å²) < 4.78 is 12.3. The standard InChI is InChI=1S/C19H29NO2/c1-14(2)20-12-11-15-9-10-18(21-16-5-3-6-16)19(13-15)22-17-7-4-8-17/h9-10,13-14,16-17,20H,3-8,11-12H2,1-2H3. The molecule has 22 heavy (non-hydrogen) atoms. The van der Waals surface area contributed by atoms with Gasteiger partial charge in [0.2, 0.25) is 0 Å². The lowest BCUT2D eigenvalue weighted by Gasteiger charge is -2.30. The van der Waals surface area contributed by atoms with Crippen molar-refractivity contribution in [3.8, 4) is 11.5 Å². The monoisotopic (exact) mass is 303 g/mol. The van der Waals surface area contributed by atoms with Gasteiger partial charge >= 0.3 is 0 Å². The van der Waals surface area contributed by atoms with E-state index in [4.69, 9.17) is 9.47 Å². The maximum Gasteiger partial charge on any atom is 0.161 e. The molecule has 0 aliphatic heterocycles. The van der Waals surface area contributed by atoms with Gasteiger partial charge in [-0.3, -0.25) is 0 Å². The second kappa shape index (κ2) is 7.36. The highest BCUT2D eigenvalue weighted by atomic mass is 16.5. The zero-order valence-corrected chi connectivity index (χ0v) is 13.9. The van der Waals surface area contributed by atoms with Crippen LogP contribution in [0, 0.1) is 0 Å². The van der Waals surface area contributed by atoms with Gasteiger partial charge in [0.25, 0.3) is 0 Å². The zero-order valence-electron chi connectivity index (χ0n) is 13.9. The average molecular weight is 303 g/mol. The number of hydrogen-bond donors (Lipinski definition) is 1. The van der Waals surface area contributed by atoms with Gasteiger partial charge in [-0.05, 0) is 69.2 Å². The quantitative estimate of drug-likeness (QED) is 0.784.